The largest absolute Gasteiger partial charge is 0.490 e. The molecule has 1 amide bonds. The zero-order valence-corrected chi connectivity index (χ0v) is 19.6. The second kappa shape index (κ2) is 9.17. The molecule has 0 saturated heterocycles. The standard InChI is InChI=1S/C21H20BrClN6O3/c1-3-31-16-9-13(8-15(22)19(16)32-10-12-4-6-14(23)7-5-12)18-17(20(24)30)11(2)25-21-26-27-28-29(18)21/h4-9,18H,3,10H2,1-2H3,(H2,24,30)(H,25,26,28). The molecule has 3 aromatic rings. The van der Waals surface area contributed by atoms with Gasteiger partial charge in [-0.25, -0.2) is 0 Å². The summed E-state index contributed by atoms with van der Waals surface area (Å²) in [4.78, 5) is 12.3. The van der Waals surface area contributed by atoms with Crippen molar-refractivity contribution in [1.82, 2.24) is 20.2 Å². The maximum absolute atomic E-state index is 12.3. The third-order valence-electron chi connectivity index (χ3n) is 4.92. The second-order valence-corrected chi connectivity index (χ2v) is 8.35. The van der Waals surface area contributed by atoms with Crippen LogP contribution in [0.5, 0.6) is 11.5 Å². The lowest BCUT2D eigenvalue weighted by Gasteiger charge is -2.27. The molecular weight excluding hydrogens is 500 g/mol. The Morgan fingerprint density at radius 1 is 1.28 bits per heavy atom. The number of anilines is 1. The average Bonchev–Trinajstić information content (AvgIpc) is 3.21. The molecule has 1 unspecified atom stereocenters. The minimum Gasteiger partial charge on any atom is -0.490 e. The van der Waals surface area contributed by atoms with Gasteiger partial charge in [-0.15, -0.1) is 0 Å². The fraction of sp³-hybridized carbons (Fsp3) is 0.238. The topological polar surface area (TPSA) is 117 Å². The average molecular weight is 520 g/mol. The lowest BCUT2D eigenvalue weighted by molar-refractivity contribution is -0.115. The van der Waals surface area contributed by atoms with Crippen molar-refractivity contribution >= 4 is 39.4 Å². The van der Waals surface area contributed by atoms with E-state index in [2.05, 4.69) is 36.8 Å². The van der Waals surface area contributed by atoms with Crippen LogP contribution >= 0.6 is 27.5 Å². The molecule has 2 aromatic carbocycles. The zero-order chi connectivity index (χ0) is 22.8. The molecule has 2 heterocycles. The highest BCUT2D eigenvalue weighted by Crippen LogP contribution is 2.42. The molecule has 0 fully saturated rings. The Labute approximate surface area is 197 Å². The SMILES string of the molecule is CCOc1cc(C2C(C(N)=O)=C(C)Nc3nnnn32)cc(Br)c1OCc1ccc(Cl)cc1. The predicted octanol–water partition coefficient (Wildman–Crippen LogP) is 3.84. The van der Waals surface area contributed by atoms with E-state index in [1.54, 1.807) is 6.92 Å². The van der Waals surface area contributed by atoms with Crippen LogP contribution in [-0.4, -0.2) is 32.7 Å². The van der Waals surface area contributed by atoms with Crippen molar-refractivity contribution in [3.8, 4) is 11.5 Å². The van der Waals surface area contributed by atoms with Crippen LogP contribution in [0, 0.1) is 0 Å². The Kier molecular flexibility index (Phi) is 6.33. The van der Waals surface area contributed by atoms with Gasteiger partial charge in [0, 0.05) is 10.7 Å². The summed E-state index contributed by atoms with van der Waals surface area (Å²) in [6, 6.07) is 10.4. The molecule has 0 bridgehead atoms. The molecule has 3 N–H and O–H groups in total. The molecule has 1 aliphatic rings. The van der Waals surface area contributed by atoms with E-state index in [1.807, 2.05) is 43.3 Å². The van der Waals surface area contributed by atoms with Gasteiger partial charge in [0.2, 0.25) is 11.9 Å². The lowest BCUT2D eigenvalue weighted by Crippen LogP contribution is -2.32. The van der Waals surface area contributed by atoms with Crippen molar-refractivity contribution in [2.45, 2.75) is 26.5 Å². The lowest BCUT2D eigenvalue weighted by atomic mass is 9.95. The van der Waals surface area contributed by atoms with Crippen LogP contribution in [0.1, 0.15) is 31.0 Å². The van der Waals surface area contributed by atoms with Crippen molar-refractivity contribution in [2.24, 2.45) is 5.73 Å². The van der Waals surface area contributed by atoms with Crippen LogP contribution in [0.2, 0.25) is 5.02 Å². The molecule has 0 spiro atoms. The van der Waals surface area contributed by atoms with Crippen molar-refractivity contribution in [3.63, 3.8) is 0 Å². The summed E-state index contributed by atoms with van der Waals surface area (Å²) in [7, 11) is 0. The molecule has 0 radical (unpaired) electrons. The van der Waals surface area contributed by atoms with E-state index in [9.17, 15) is 4.79 Å². The van der Waals surface area contributed by atoms with Gasteiger partial charge >= 0.3 is 0 Å². The molecule has 1 aromatic heterocycles. The fourth-order valence-electron chi connectivity index (χ4n) is 3.52. The zero-order valence-electron chi connectivity index (χ0n) is 17.3. The minimum atomic E-state index is -0.625. The first-order valence-electron chi connectivity index (χ1n) is 9.78. The van der Waals surface area contributed by atoms with Crippen LogP contribution in [0.25, 0.3) is 0 Å². The number of amides is 1. The highest BCUT2D eigenvalue weighted by Gasteiger charge is 2.34. The Morgan fingerprint density at radius 3 is 2.72 bits per heavy atom. The van der Waals surface area contributed by atoms with Crippen molar-refractivity contribution in [1.29, 1.82) is 0 Å². The summed E-state index contributed by atoms with van der Waals surface area (Å²) in [5, 5.41) is 15.4. The molecular formula is C21H20BrClN6O3. The quantitative estimate of drug-likeness (QED) is 0.487. The Bertz CT molecular complexity index is 1190. The Balaban J connectivity index is 1.74. The predicted molar refractivity (Wildman–Crippen MR) is 123 cm³/mol. The van der Waals surface area contributed by atoms with E-state index in [0.717, 1.165) is 5.56 Å². The van der Waals surface area contributed by atoms with E-state index in [1.165, 1.54) is 4.68 Å². The number of tetrazole rings is 1. The van der Waals surface area contributed by atoms with Crippen LogP contribution in [0.3, 0.4) is 0 Å². The summed E-state index contributed by atoms with van der Waals surface area (Å²) in [6.45, 7) is 4.39. The van der Waals surface area contributed by atoms with E-state index in [4.69, 9.17) is 26.8 Å². The van der Waals surface area contributed by atoms with Gasteiger partial charge in [0.05, 0.1) is 16.7 Å². The number of benzene rings is 2. The number of fused-ring (bicyclic) bond motifs is 1. The summed E-state index contributed by atoms with van der Waals surface area (Å²) >= 11 is 9.55. The van der Waals surface area contributed by atoms with Gasteiger partial charge in [-0.1, -0.05) is 28.8 Å². The van der Waals surface area contributed by atoms with Crippen molar-refractivity contribution in [3.05, 3.63) is 68.3 Å². The van der Waals surface area contributed by atoms with Crippen molar-refractivity contribution in [2.75, 3.05) is 11.9 Å². The molecule has 0 aliphatic carbocycles. The van der Waals surface area contributed by atoms with Gasteiger partial charge in [-0.2, -0.15) is 4.68 Å². The molecule has 11 heteroatoms. The monoisotopic (exact) mass is 518 g/mol. The number of allylic oxidation sites excluding steroid dienone is 1. The number of carbonyl (C=O) groups excluding carboxylic acids is 1. The number of nitrogens with zero attached hydrogens (tertiary/aromatic N) is 4. The van der Waals surface area contributed by atoms with E-state index in [-0.39, 0.29) is 0 Å². The first-order chi connectivity index (χ1) is 15.4. The van der Waals surface area contributed by atoms with Crippen LogP contribution < -0.4 is 20.5 Å². The van der Waals surface area contributed by atoms with Gasteiger partial charge < -0.3 is 20.5 Å². The molecule has 32 heavy (non-hydrogen) atoms. The summed E-state index contributed by atoms with van der Waals surface area (Å²) < 4.78 is 14.1. The molecule has 1 aliphatic heterocycles. The molecule has 4 rings (SSSR count). The van der Waals surface area contributed by atoms with Gasteiger partial charge in [0.25, 0.3) is 0 Å². The number of nitrogens with one attached hydrogen (secondary N) is 1. The number of aromatic nitrogens is 4. The highest BCUT2D eigenvalue weighted by molar-refractivity contribution is 9.10. The van der Waals surface area contributed by atoms with Gasteiger partial charge in [-0.3, -0.25) is 4.79 Å². The number of rotatable bonds is 7. The normalized spacial score (nSPS) is 15.2. The third-order valence-corrected chi connectivity index (χ3v) is 5.76. The number of nitrogens with two attached hydrogens (primary N) is 1. The Hall–Kier alpha value is -3.11. The van der Waals surface area contributed by atoms with Gasteiger partial charge in [0.15, 0.2) is 11.5 Å². The van der Waals surface area contributed by atoms with Gasteiger partial charge in [-0.05, 0) is 75.6 Å². The van der Waals surface area contributed by atoms with E-state index < -0.39 is 11.9 Å². The molecule has 1 atom stereocenters. The Morgan fingerprint density at radius 2 is 2.03 bits per heavy atom. The number of carbonyl (C=O) groups is 1. The summed E-state index contributed by atoms with van der Waals surface area (Å²) in [5.41, 5.74) is 8.31. The van der Waals surface area contributed by atoms with Crippen LogP contribution in [-0.2, 0) is 11.4 Å². The van der Waals surface area contributed by atoms with Crippen molar-refractivity contribution < 1.29 is 14.3 Å². The number of primary amides is 1. The molecule has 166 valence electrons. The smallest absolute Gasteiger partial charge is 0.248 e. The number of hydrogen-bond acceptors (Lipinski definition) is 7. The summed E-state index contributed by atoms with van der Waals surface area (Å²) in [6.07, 6.45) is 0. The van der Waals surface area contributed by atoms with Crippen LogP contribution in [0.4, 0.5) is 5.95 Å². The first kappa shape index (κ1) is 22.1. The summed E-state index contributed by atoms with van der Waals surface area (Å²) in [5.74, 6) is 0.895. The van der Waals surface area contributed by atoms with Gasteiger partial charge in [0.1, 0.15) is 12.6 Å². The number of hydrogen-bond donors (Lipinski definition) is 2. The molecule has 0 saturated carbocycles. The fourth-order valence-corrected chi connectivity index (χ4v) is 4.22. The second-order valence-electron chi connectivity index (χ2n) is 7.06. The molecule has 9 nitrogen and oxygen atoms in total. The highest BCUT2D eigenvalue weighted by atomic mass is 79.9. The van der Waals surface area contributed by atoms with E-state index >= 15 is 0 Å². The minimum absolute atomic E-state index is 0.325. The van der Waals surface area contributed by atoms with Crippen LogP contribution in [0.15, 0.2) is 52.1 Å². The first-order valence-corrected chi connectivity index (χ1v) is 10.9. The van der Waals surface area contributed by atoms with E-state index in [0.29, 0.717) is 57.0 Å². The maximum Gasteiger partial charge on any atom is 0.248 e. The third kappa shape index (κ3) is 4.28. The number of halogens is 2. The number of ether oxygens (including phenoxy) is 2. The maximum atomic E-state index is 12.3.